The molecule has 1 saturated carbocycles. The normalized spacial score (nSPS) is 14.3. The first-order chi connectivity index (χ1) is 19.7. The van der Waals surface area contributed by atoms with Crippen molar-refractivity contribution in [3.63, 3.8) is 0 Å². The van der Waals surface area contributed by atoms with Crippen molar-refractivity contribution in [2.24, 2.45) is 0 Å². The van der Waals surface area contributed by atoms with E-state index in [1.54, 1.807) is 37.3 Å². The van der Waals surface area contributed by atoms with Gasteiger partial charge in [0, 0.05) is 12.6 Å². The van der Waals surface area contributed by atoms with Gasteiger partial charge in [-0.1, -0.05) is 73.0 Å². The lowest BCUT2D eigenvalue weighted by Crippen LogP contribution is -2.53. The number of anilines is 1. The summed E-state index contributed by atoms with van der Waals surface area (Å²) >= 11 is 6.36. The van der Waals surface area contributed by atoms with Gasteiger partial charge in [0.05, 0.1) is 22.7 Å². The third kappa shape index (κ3) is 7.59. The van der Waals surface area contributed by atoms with E-state index >= 15 is 0 Å². The molecule has 4 rings (SSSR count). The van der Waals surface area contributed by atoms with Gasteiger partial charge < -0.3 is 15.0 Å². The molecular formula is C31H36ClN3O5S. The van der Waals surface area contributed by atoms with E-state index in [0.29, 0.717) is 12.2 Å². The van der Waals surface area contributed by atoms with Gasteiger partial charge in [0.25, 0.3) is 10.0 Å². The fourth-order valence-corrected chi connectivity index (χ4v) is 6.70. The Morgan fingerprint density at radius 1 is 1.00 bits per heavy atom. The van der Waals surface area contributed by atoms with Crippen molar-refractivity contribution in [1.29, 1.82) is 0 Å². The van der Waals surface area contributed by atoms with Crippen LogP contribution in [0.15, 0.2) is 83.8 Å². The van der Waals surface area contributed by atoms with Gasteiger partial charge in [-0.3, -0.25) is 13.9 Å². The third-order valence-corrected chi connectivity index (χ3v) is 9.47. The molecular weight excluding hydrogens is 562 g/mol. The Kier molecular flexibility index (Phi) is 10.3. The highest BCUT2D eigenvalue weighted by Gasteiger charge is 2.33. The second kappa shape index (κ2) is 13.9. The van der Waals surface area contributed by atoms with Crippen molar-refractivity contribution in [1.82, 2.24) is 10.2 Å². The first kappa shape index (κ1) is 30.4. The minimum Gasteiger partial charge on any atom is -0.495 e. The summed E-state index contributed by atoms with van der Waals surface area (Å²) in [5.41, 5.74) is 1.21. The van der Waals surface area contributed by atoms with E-state index < -0.39 is 28.5 Å². The van der Waals surface area contributed by atoms with E-state index in [9.17, 15) is 18.0 Å². The van der Waals surface area contributed by atoms with Gasteiger partial charge in [-0.05, 0) is 62.1 Å². The minimum atomic E-state index is -4.16. The molecule has 218 valence electrons. The molecule has 0 spiro atoms. The fraction of sp³-hybridized carbons (Fsp3) is 0.355. The lowest BCUT2D eigenvalue weighted by Gasteiger charge is -2.32. The fourth-order valence-electron chi connectivity index (χ4n) is 5.02. The summed E-state index contributed by atoms with van der Waals surface area (Å²) in [7, 11) is -2.70. The van der Waals surface area contributed by atoms with Gasteiger partial charge in [-0.15, -0.1) is 0 Å². The smallest absolute Gasteiger partial charge is 0.264 e. The molecule has 1 N–H and O–H groups in total. The average molecular weight is 598 g/mol. The van der Waals surface area contributed by atoms with E-state index in [1.807, 2.05) is 30.3 Å². The number of rotatable bonds is 12. The molecule has 0 radical (unpaired) electrons. The number of sulfonamides is 1. The van der Waals surface area contributed by atoms with Crippen molar-refractivity contribution < 1.29 is 22.7 Å². The van der Waals surface area contributed by atoms with Crippen molar-refractivity contribution >= 4 is 39.1 Å². The number of nitrogens with zero attached hydrogens (tertiary/aromatic N) is 2. The molecule has 3 aromatic carbocycles. The number of hydrogen-bond acceptors (Lipinski definition) is 5. The topological polar surface area (TPSA) is 96.0 Å². The Morgan fingerprint density at radius 3 is 2.24 bits per heavy atom. The number of methoxy groups -OCH3 is 1. The Bertz CT molecular complexity index is 1430. The van der Waals surface area contributed by atoms with E-state index in [0.717, 1.165) is 35.6 Å². The maximum absolute atomic E-state index is 14.0. The Morgan fingerprint density at radius 2 is 1.63 bits per heavy atom. The zero-order chi connectivity index (χ0) is 29.4. The number of benzene rings is 3. The van der Waals surface area contributed by atoms with Crippen LogP contribution in [0.4, 0.5) is 5.69 Å². The first-order valence-corrected chi connectivity index (χ1v) is 15.6. The third-order valence-electron chi connectivity index (χ3n) is 7.39. The zero-order valence-electron chi connectivity index (χ0n) is 23.3. The number of nitrogens with one attached hydrogen (secondary N) is 1. The molecule has 0 aliphatic heterocycles. The quantitative estimate of drug-likeness (QED) is 0.315. The predicted octanol–water partition coefficient (Wildman–Crippen LogP) is 5.06. The molecule has 1 aliphatic carbocycles. The van der Waals surface area contributed by atoms with Crippen LogP contribution in [0, 0.1) is 0 Å². The first-order valence-electron chi connectivity index (χ1n) is 13.8. The molecule has 1 atom stereocenters. The van der Waals surface area contributed by atoms with Crippen LogP contribution in [0.2, 0.25) is 5.02 Å². The predicted molar refractivity (Wildman–Crippen MR) is 161 cm³/mol. The summed E-state index contributed by atoms with van der Waals surface area (Å²) in [5, 5.41) is 3.28. The second-order valence-electron chi connectivity index (χ2n) is 10.1. The van der Waals surface area contributed by atoms with Crippen LogP contribution in [-0.4, -0.2) is 57.4 Å². The van der Waals surface area contributed by atoms with Crippen LogP contribution in [0.25, 0.3) is 0 Å². The van der Waals surface area contributed by atoms with Crippen molar-refractivity contribution in [2.75, 3.05) is 24.5 Å². The largest absolute Gasteiger partial charge is 0.495 e. The lowest BCUT2D eigenvalue weighted by molar-refractivity contribution is -0.139. The molecule has 0 aromatic heterocycles. The number of carbonyl (C=O) groups excluding carboxylic acids is 2. The Labute approximate surface area is 247 Å². The van der Waals surface area contributed by atoms with E-state index in [2.05, 4.69) is 5.32 Å². The minimum absolute atomic E-state index is 0.0302. The summed E-state index contributed by atoms with van der Waals surface area (Å²) in [6.45, 7) is 1.41. The molecule has 0 unspecified atom stereocenters. The van der Waals surface area contributed by atoms with Gasteiger partial charge in [-0.25, -0.2) is 8.42 Å². The van der Waals surface area contributed by atoms with Crippen LogP contribution in [0.5, 0.6) is 5.75 Å². The molecule has 0 heterocycles. The van der Waals surface area contributed by atoms with Gasteiger partial charge >= 0.3 is 0 Å². The Hall–Kier alpha value is -3.56. The summed E-state index contributed by atoms with van der Waals surface area (Å²) in [6.07, 6.45) is 4.46. The van der Waals surface area contributed by atoms with Crippen LogP contribution in [0.3, 0.4) is 0 Å². The van der Waals surface area contributed by atoms with Crippen LogP contribution < -0.4 is 14.4 Å². The SMILES string of the molecule is COc1ccc(N(CC(=O)N(CCc2ccccc2)[C@@H](C)C(=O)NC2CCCC2)S(=O)(=O)c2ccccc2)cc1Cl. The van der Waals surface area contributed by atoms with Gasteiger partial charge in [0.1, 0.15) is 18.3 Å². The molecule has 1 fully saturated rings. The molecule has 0 bridgehead atoms. The highest BCUT2D eigenvalue weighted by molar-refractivity contribution is 7.92. The highest BCUT2D eigenvalue weighted by atomic mass is 35.5. The summed E-state index contributed by atoms with van der Waals surface area (Å²) in [5.74, 6) is -0.370. The van der Waals surface area contributed by atoms with Crippen molar-refractivity contribution in [2.45, 2.75) is 56.0 Å². The standard InChI is InChI=1S/C31H36ClN3O5S/c1-23(31(37)33-25-13-9-10-14-25)34(20-19-24-11-5-3-6-12-24)30(36)22-35(26-17-18-29(40-2)28(32)21-26)41(38,39)27-15-7-4-8-16-27/h3-8,11-12,15-18,21,23,25H,9-10,13-14,19-20,22H2,1-2H3,(H,33,37)/t23-/m0/s1. The average Bonchev–Trinajstić information content (AvgIpc) is 3.50. The molecule has 1 aliphatic rings. The van der Waals surface area contributed by atoms with Crippen molar-refractivity contribution in [3.8, 4) is 5.75 Å². The van der Waals surface area contributed by atoms with Gasteiger partial charge in [-0.2, -0.15) is 0 Å². The number of halogens is 1. The number of amides is 2. The van der Waals surface area contributed by atoms with E-state index in [1.165, 1.54) is 30.2 Å². The van der Waals surface area contributed by atoms with Gasteiger partial charge in [0.2, 0.25) is 11.8 Å². The molecule has 3 aromatic rings. The monoisotopic (exact) mass is 597 g/mol. The van der Waals surface area contributed by atoms with E-state index in [4.69, 9.17) is 16.3 Å². The summed E-state index contributed by atoms with van der Waals surface area (Å²) < 4.78 is 34.0. The van der Waals surface area contributed by atoms with Gasteiger partial charge in [0.15, 0.2) is 0 Å². The van der Waals surface area contributed by atoms with E-state index in [-0.39, 0.29) is 34.1 Å². The van der Waals surface area contributed by atoms with Crippen LogP contribution in [-0.2, 0) is 26.0 Å². The maximum atomic E-state index is 14.0. The Balaban J connectivity index is 1.66. The highest BCUT2D eigenvalue weighted by Crippen LogP contribution is 2.32. The summed E-state index contributed by atoms with van der Waals surface area (Å²) in [4.78, 5) is 28.8. The van der Waals surface area contributed by atoms with Crippen LogP contribution in [0.1, 0.15) is 38.2 Å². The van der Waals surface area contributed by atoms with Crippen LogP contribution >= 0.6 is 11.6 Å². The molecule has 2 amide bonds. The molecule has 8 nitrogen and oxygen atoms in total. The maximum Gasteiger partial charge on any atom is 0.264 e. The second-order valence-corrected chi connectivity index (χ2v) is 12.4. The van der Waals surface area contributed by atoms with Crippen molar-refractivity contribution in [3.05, 3.63) is 89.4 Å². The zero-order valence-corrected chi connectivity index (χ0v) is 24.9. The number of hydrogen-bond donors (Lipinski definition) is 1. The lowest BCUT2D eigenvalue weighted by atomic mass is 10.1. The molecule has 41 heavy (non-hydrogen) atoms. The number of ether oxygens (including phenoxy) is 1. The molecule has 0 saturated heterocycles. The summed E-state index contributed by atoms with van der Waals surface area (Å²) in [6, 6.07) is 21.4. The number of carbonyl (C=O) groups is 2. The molecule has 10 heteroatoms.